The number of carbonyl (C=O) groups is 1. The van der Waals surface area contributed by atoms with E-state index in [0.717, 1.165) is 15.6 Å². The van der Waals surface area contributed by atoms with E-state index in [1.165, 1.54) is 0 Å². The van der Waals surface area contributed by atoms with Crippen molar-refractivity contribution in [2.24, 2.45) is 5.10 Å². The molecule has 0 aliphatic rings. The van der Waals surface area contributed by atoms with Gasteiger partial charge in [-0.3, -0.25) is 4.79 Å². The molecule has 2 aromatic rings. The number of methoxy groups -OCH3 is 1. The van der Waals surface area contributed by atoms with Crippen LogP contribution in [0, 0.1) is 6.92 Å². The van der Waals surface area contributed by atoms with Crippen LogP contribution in [0.4, 0.5) is 0 Å². The number of rotatable bonds is 4. The maximum Gasteiger partial charge on any atom is 0.271 e. The number of carbonyl (C=O) groups excluding carboxylic acids is 1. The molecular formula is C16H15BrN2O2. The lowest BCUT2D eigenvalue weighted by Gasteiger charge is -2.04. The molecule has 0 atom stereocenters. The molecular weight excluding hydrogens is 332 g/mol. The van der Waals surface area contributed by atoms with Crippen LogP contribution in [0.15, 0.2) is 52.0 Å². The summed E-state index contributed by atoms with van der Waals surface area (Å²) in [5.74, 6) is 0.440. The van der Waals surface area contributed by atoms with Crippen LogP contribution in [-0.4, -0.2) is 19.2 Å². The Bertz CT molecular complexity index is 684. The molecule has 2 rings (SSSR count). The van der Waals surface area contributed by atoms with Gasteiger partial charge in [0.15, 0.2) is 0 Å². The lowest BCUT2D eigenvalue weighted by Crippen LogP contribution is -2.17. The minimum atomic E-state index is -0.262. The van der Waals surface area contributed by atoms with Crippen LogP contribution in [0.25, 0.3) is 0 Å². The smallest absolute Gasteiger partial charge is 0.271 e. The van der Waals surface area contributed by atoms with Crippen LogP contribution >= 0.6 is 15.9 Å². The van der Waals surface area contributed by atoms with Gasteiger partial charge in [-0.1, -0.05) is 34.1 Å². The Morgan fingerprint density at radius 2 is 2.05 bits per heavy atom. The third kappa shape index (κ3) is 3.92. The minimum Gasteiger partial charge on any atom is -0.496 e. The average molecular weight is 347 g/mol. The first-order valence-electron chi connectivity index (χ1n) is 6.34. The van der Waals surface area contributed by atoms with Crippen molar-refractivity contribution in [1.82, 2.24) is 5.43 Å². The molecule has 2 aromatic carbocycles. The molecule has 4 nitrogen and oxygen atoms in total. The normalized spacial score (nSPS) is 10.6. The van der Waals surface area contributed by atoms with Crippen molar-refractivity contribution in [3.8, 4) is 5.75 Å². The molecule has 0 aromatic heterocycles. The molecule has 5 heteroatoms. The van der Waals surface area contributed by atoms with Gasteiger partial charge in [0.1, 0.15) is 5.75 Å². The zero-order valence-corrected chi connectivity index (χ0v) is 13.3. The Morgan fingerprint density at radius 3 is 2.76 bits per heavy atom. The molecule has 108 valence electrons. The monoisotopic (exact) mass is 346 g/mol. The van der Waals surface area contributed by atoms with Gasteiger partial charge in [-0.2, -0.15) is 5.10 Å². The summed E-state index contributed by atoms with van der Waals surface area (Å²) < 4.78 is 6.10. The summed E-state index contributed by atoms with van der Waals surface area (Å²) in [5.41, 5.74) is 4.92. The van der Waals surface area contributed by atoms with Gasteiger partial charge in [0, 0.05) is 15.6 Å². The number of nitrogens with one attached hydrogen (secondary N) is 1. The highest BCUT2D eigenvalue weighted by molar-refractivity contribution is 9.10. The van der Waals surface area contributed by atoms with Crippen molar-refractivity contribution in [1.29, 1.82) is 0 Å². The summed E-state index contributed by atoms with van der Waals surface area (Å²) in [7, 11) is 1.59. The van der Waals surface area contributed by atoms with E-state index in [-0.39, 0.29) is 5.91 Å². The van der Waals surface area contributed by atoms with Crippen LogP contribution in [-0.2, 0) is 0 Å². The number of nitrogens with zero attached hydrogens (tertiary/aromatic N) is 1. The highest BCUT2D eigenvalue weighted by Gasteiger charge is 2.06. The molecule has 0 aliphatic carbocycles. The summed E-state index contributed by atoms with van der Waals surface area (Å²) in [6, 6.07) is 12.8. The van der Waals surface area contributed by atoms with E-state index in [4.69, 9.17) is 4.74 Å². The van der Waals surface area contributed by atoms with Crippen LogP contribution in [0.5, 0.6) is 5.75 Å². The van der Waals surface area contributed by atoms with Gasteiger partial charge in [-0.25, -0.2) is 5.43 Å². The first-order chi connectivity index (χ1) is 10.1. The lowest BCUT2D eigenvalue weighted by molar-refractivity contribution is 0.0955. The van der Waals surface area contributed by atoms with E-state index in [1.54, 1.807) is 25.5 Å². The van der Waals surface area contributed by atoms with Crippen molar-refractivity contribution >= 4 is 28.1 Å². The number of amides is 1. The molecule has 0 heterocycles. The number of hydrogen-bond acceptors (Lipinski definition) is 3. The number of benzene rings is 2. The van der Waals surface area contributed by atoms with Crippen LogP contribution in [0.3, 0.4) is 0 Å². The molecule has 0 radical (unpaired) electrons. The maximum atomic E-state index is 12.0. The Labute approximate surface area is 132 Å². The second-order valence-corrected chi connectivity index (χ2v) is 5.26. The summed E-state index contributed by atoms with van der Waals surface area (Å²) >= 11 is 3.40. The summed E-state index contributed by atoms with van der Waals surface area (Å²) in [6.07, 6.45) is 1.56. The predicted molar refractivity (Wildman–Crippen MR) is 86.9 cm³/mol. The molecule has 0 unspecified atom stereocenters. The van der Waals surface area contributed by atoms with Crippen LogP contribution in [0.2, 0.25) is 0 Å². The van der Waals surface area contributed by atoms with Gasteiger partial charge in [0.2, 0.25) is 0 Å². The average Bonchev–Trinajstić information content (AvgIpc) is 2.50. The van der Waals surface area contributed by atoms with Crippen molar-refractivity contribution < 1.29 is 9.53 Å². The minimum absolute atomic E-state index is 0.262. The topological polar surface area (TPSA) is 50.7 Å². The second kappa shape index (κ2) is 7.04. The van der Waals surface area contributed by atoms with Crippen LogP contribution < -0.4 is 10.2 Å². The Hall–Kier alpha value is -2.14. The van der Waals surface area contributed by atoms with Gasteiger partial charge in [0.25, 0.3) is 5.91 Å². The number of hydrazone groups is 1. The highest BCUT2D eigenvalue weighted by atomic mass is 79.9. The van der Waals surface area contributed by atoms with E-state index < -0.39 is 0 Å². The maximum absolute atomic E-state index is 12.0. The fourth-order valence-corrected chi connectivity index (χ4v) is 2.11. The molecule has 0 saturated heterocycles. The quantitative estimate of drug-likeness (QED) is 0.680. The van der Waals surface area contributed by atoms with E-state index in [9.17, 15) is 4.79 Å². The van der Waals surface area contributed by atoms with E-state index in [2.05, 4.69) is 26.5 Å². The molecule has 1 amide bonds. The fourth-order valence-electron chi connectivity index (χ4n) is 1.73. The Morgan fingerprint density at radius 1 is 1.29 bits per heavy atom. The highest BCUT2D eigenvalue weighted by Crippen LogP contribution is 2.17. The predicted octanol–water partition coefficient (Wildman–Crippen LogP) is 3.53. The van der Waals surface area contributed by atoms with E-state index >= 15 is 0 Å². The van der Waals surface area contributed by atoms with Gasteiger partial charge < -0.3 is 4.74 Å². The van der Waals surface area contributed by atoms with Gasteiger partial charge in [-0.05, 0) is 36.8 Å². The molecule has 0 saturated carbocycles. The number of aryl methyl sites for hydroxylation is 1. The number of ether oxygens (including phenoxy) is 1. The number of halogens is 1. The summed E-state index contributed by atoms with van der Waals surface area (Å²) in [4.78, 5) is 12.0. The van der Waals surface area contributed by atoms with Gasteiger partial charge in [0.05, 0.1) is 13.3 Å². The fraction of sp³-hybridized carbons (Fsp3) is 0.125. The zero-order valence-electron chi connectivity index (χ0n) is 11.8. The van der Waals surface area contributed by atoms with Crippen molar-refractivity contribution in [2.75, 3.05) is 7.11 Å². The molecule has 0 spiro atoms. The van der Waals surface area contributed by atoms with Crippen molar-refractivity contribution in [3.63, 3.8) is 0 Å². The van der Waals surface area contributed by atoms with Crippen molar-refractivity contribution in [2.45, 2.75) is 6.92 Å². The van der Waals surface area contributed by atoms with E-state index in [0.29, 0.717) is 11.3 Å². The lowest BCUT2D eigenvalue weighted by atomic mass is 10.1. The van der Waals surface area contributed by atoms with Gasteiger partial charge in [-0.15, -0.1) is 0 Å². The number of hydrogen-bond donors (Lipinski definition) is 1. The standard InChI is InChI=1S/C16H15BrN2O2/c1-11-7-8-12(9-14(11)17)16(20)19-18-10-13-5-3-4-6-15(13)21-2/h3-10H,1-2H3,(H,19,20). The second-order valence-electron chi connectivity index (χ2n) is 4.41. The molecule has 21 heavy (non-hydrogen) atoms. The van der Waals surface area contributed by atoms with Gasteiger partial charge >= 0.3 is 0 Å². The Balaban J connectivity index is 2.06. The largest absolute Gasteiger partial charge is 0.496 e. The Kier molecular flexibility index (Phi) is 5.11. The SMILES string of the molecule is COc1ccccc1C=NNC(=O)c1ccc(C)c(Br)c1. The molecule has 0 fully saturated rings. The summed E-state index contributed by atoms with van der Waals surface area (Å²) in [6.45, 7) is 1.96. The number of para-hydroxylation sites is 1. The first kappa shape index (κ1) is 15.3. The molecule has 0 aliphatic heterocycles. The van der Waals surface area contributed by atoms with Crippen LogP contribution in [0.1, 0.15) is 21.5 Å². The molecule has 1 N–H and O–H groups in total. The third-order valence-electron chi connectivity index (χ3n) is 2.94. The van der Waals surface area contributed by atoms with Crippen molar-refractivity contribution in [3.05, 3.63) is 63.6 Å². The van der Waals surface area contributed by atoms with E-state index in [1.807, 2.05) is 37.3 Å². The first-order valence-corrected chi connectivity index (χ1v) is 7.13. The third-order valence-corrected chi connectivity index (χ3v) is 3.80. The zero-order chi connectivity index (χ0) is 15.2. The molecule has 0 bridgehead atoms. The summed E-state index contributed by atoms with van der Waals surface area (Å²) in [5, 5.41) is 3.96.